The second kappa shape index (κ2) is 7.99. The number of carbonyl (C=O) groups is 3. The number of benzene rings is 2. The average molecular weight is 387 g/mol. The number of carbonyl (C=O) groups excluding carboxylic acids is 3. The van der Waals surface area contributed by atoms with Gasteiger partial charge in [0.1, 0.15) is 6.54 Å². The van der Waals surface area contributed by atoms with Crippen LogP contribution in [0.1, 0.15) is 20.7 Å². The molecule has 3 rings (SSSR count). The Bertz CT molecular complexity index is 1070. The van der Waals surface area contributed by atoms with Gasteiger partial charge in [0.25, 0.3) is 0 Å². The first-order valence-corrected chi connectivity index (χ1v) is 8.20. The summed E-state index contributed by atoms with van der Waals surface area (Å²) in [5.74, 6) is -4.18. The van der Waals surface area contributed by atoms with Gasteiger partial charge in [-0.25, -0.2) is 13.6 Å². The predicted octanol–water partition coefficient (Wildman–Crippen LogP) is 3.13. The van der Waals surface area contributed by atoms with Crippen molar-refractivity contribution in [3.63, 3.8) is 0 Å². The van der Waals surface area contributed by atoms with Gasteiger partial charge in [-0.1, -0.05) is 18.2 Å². The molecule has 6 nitrogen and oxygen atoms in total. The summed E-state index contributed by atoms with van der Waals surface area (Å²) in [5.41, 5.74) is 0.807. The molecule has 8 heteroatoms. The minimum absolute atomic E-state index is 0.105. The zero-order valence-corrected chi connectivity index (χ0v) is 14.8. The van der Waals surface area contributed by atoms with Crippen molar-refractivity contribution in [3.8, 4) is 0 Å². The molecular formula is C20H15F2NO5. The Morgan fingerprint density at radius 2 is 1.79 bits per heavy atom. The highest BCUT2D eigenvalue weighted by atomic mass is 19.2. The standard InChI is InChI=1S/C20H15F2NO5/c1-27-20(26)14-9-23(17-5-3-2-4-13(14)17)10-19(25)28-11-18(24)12-6-7-15(21)16(22)8-12/h2-9H,10-11H2,1H3. The Kier molecular flexibility index (Phi) is 5.49. The Balaban J connectivity index is 1.70. The molecule has 0 aliphatic carbocycles. The average Bonchev–Trinajstić information content (AvgIpc) is 3.06. The van der Waals surface area contributed by atoms with Crippen LogP contribution in [0.15, 0.2) is 48.7 Å². The van der Waals surface area contributed by atoms with Crippen LogP contribution in [0.25, 0.3) is 10.9 Å². The molecule has 0 atom stereocenters. The fourth-order valence-electron chi connectivity index (χ4n) is 2.73. The van der Waals surface area contributed by atoms with Crippen LogP contribution < -0.4 is 0 Å². The van der Waals surface area contributed by atoms with Crippen molar-refractivity contribution >= 4 is 28.6 Å². The number of hydrogen-bond acceptors (Lipinski definition) is 5. The van der Waals surface area contributed by atoms with Gasteiger partial charge in [0.2, 0.25) is 0 Å². The SMILES string of the molecule is COC(=O)c1cn(CC(=O)OCC(=O)c2ccc(F)c(F)c2)c2ccccc12. The highest BCUT2D eigenvalue weighted by Gasteiger charge is 2.18. The third-order valence-corrected chi connectivity index (χ3v) is 4.10. The molecular weight excluding hydrogens is 372 g/mol. The minimum atomic E-state index is -1.16. The molecule has 3 aromatic rings. The summed E-state index contributed by atoms with van der Waals surface area (Å²) in [6, 6.07) is 9.61. The molecule has 0 saturated carbocycles. The van der Waals surface area contributed by atoms with Crippen LogP contribution in [0.4, 0.5) is 8.78 Å². The molecule has 0 bridgehead atoms. The molecule has 1 aromatic heterocycles. The zero-order chi connectivity index (χ0) is 20.3. The maximum Gasteiger partial charge on any atom is 0.340 e. The lowest BCUT2D eigenvalue weighted by atomic mass is 10.1. The third kappa shape index (κ3) is 3.90. The van der Waals surface area contributed by atoms with E-state index in [0.29, 0.717) is 16.5 Å². The van der Waals surface area contributed by atoms with Crippen LogP contribution in [0.2, 0.25) is 0 Å². The number of rotatable bonds is 6. The highest BCUT2D eigenvalue weighted by Crippen LogP contribution is 2.22. The number of nitrogens with zero attached hydrogens (tertiary/aromatic N) is 1. The number of ketones is 1. The molecule has 0 saturated heterocycles. The molecule has 144 valence electrons. The summed E-state index contributed by atoms with van der Waals surface area (Å²) in [6.07, 6.45) is 1.47. The van der Waals surface area contributed by atoms with Gasteiger partial charge in [0.15, 0.2) is 24.0 Å². The number of hydrogen-bond donors (Lipinski definition) is 0. The van der Waals surface area contributed by atoms with Crippen molar-refractivity contribution in [2.45, 2.75) is 6.54 Å². The van der Waals surface area contributed by atoms with Crippen molar-refractivity contribution in [2.24, 2.45) is 0 Å². The van der Waals surface area contributed by atoms with Crippen LogP contribution in [-0.4, -0.2) is 36.0 Å². The minimum Gasteiger partial charge on any atom is -0.465 e. The van der Waals surface area contributed by atoms with Gasteiger partial charge in [-0.05, 0) is 24.3 Å². The number of fused-ring (bicyclic) bond motifs is 1. The topological polar surface area (TPSA) is 74.6 Å². The first kappa shape index (κ1) is 19.2. The lowest BCUT2D eigenvalue weighted by Gasteiger charge is -2.07. The second-order valence-corrected chi connectivity index (χ2v) is 5.89. The summed E-state index contributed by atoms with van der Waals surface area (Å²) in [4.78, 5) is 36.0. The van der Waals surface area contributed by atoms with Crippen LogP contribution in [0.5, 0.6) is 0 Å². The van der Waals surface area contributed by atoms with Gasteiger partial charge >= 0.3 is 11.9 Å². The van der Waals surface area contributed by atoms with Gasteiger partial charge < -0.3 is 14.0 Å². The van der Waals surface area contributed by atoms with Gasteiger partial charge in [0, 0.05) is 22.7 Å². The fourth-order valence-corrected chi connectivity index (χ4v) is 2.73. The van der Waals surface area contributed by atoms with E-state index in [9.17, 15) is 23.2 Å². The van der Waals surface area contributed by atoms with Gasteiger partial charge in [-0.15, -0.1) is 0 Å². The molecule has 0 fully saturated rings. The van der Waals surface area contributed by atoms with Crippen molar-refractivity contribution < 1.29 is 32.6 Å². The molecule has 0 aliphatic rings. The molecule has 1 heterocycles. The summed E-state index contributed by atoms with van der Waals surface area (Å²) >= 11 is 0. The maximum absolute atomic E-state index is 13.2. The number of ether oxygens (including phenoxy) is 2. The predicted molar refractivity (Wildman–Crippen MR) is 94.9 cm³/mol. The molecule has 2 aromatic carbocycles. The van der Waals surface area contributed by atoms with Gasteiger partial charge in [-0.2, -0.15) is 0 Å². The monoisotopic (exact) mass is 387 g/mol. The van der Waals surface area contributed by atoms with E-state index in [1.807, 2.05) is 0 Å². The number of Topliss-reactive ketones (excluding diaryl/α,β-unsaturated/α-hetero) is 1. The molecule has 0 spiro atoms. The Morgan fingerprint density at radius 3 is 2.50 bits per heavy atom. The number of aromatic nitrogens is 1. The molecule has 28 heavy (non-hydrogen) atoms. The Morgan fingerprint density at radius 1 is 1.04 bits per heavy atom. The molecule has 0 unspecified atom stereocenters. The first-order chi connectivity index (χ1) is 13.4. The lowest BCUT2D eigenvalue weighted by molar-refractivity contribution is -0.143. The Hall–Kier alpha value is -3.55. The van der Waals surface area contributed by atoms with E-state index >= 15 is 0 Å². The second-order valence-electron chi connectivity index (χ2n) is 5.89. The van der Waals surface area contributed by atoms with Crippen LogP contribution in [0, 0.1) is 11.6 Å². The number of esters is 2. The number of para-hydroxylation sites is 1. The van der Waals surface area contributed by atoms with Gasteiger partial charge in [0.05, 0.1) is 12.7 Å². The molecule has 0 radical (unpaired) electrons. The smallest absolute Gasteiger partial charge is 0.340 e. The summed E-state index contributed by atoms with van der Waals surface area (Å²) in [5, 5.41) is 0.611. The van der Waals surface area contributed by atoms with Crippen LogP contribution >= 0.6 is 0 Å². The quantitative estimate of drug-likeness (QED) is 0.480. The van der Waals surface area contributed by atoms with E-state index < -0.39 is 36.0 Å². The van der Waals surface area contributed by atoms with E-state index in [1.54, 1.807) is 24.3 Å². The normalized spacial score (nSPS) is 10.7. The first-order valence-electron chi connectivity index (χ1n) is 8.20. The van der Waals surface area contributed by atoms with E-state index in [1.165, 1.54) is 17.9 Å². The summed E-state index contributed by atoms with van der Waals surface area (Å²) < 4.78 is 37.3. The van der Waals surface area contributed by atoms with E-state index in [-0.39, 0.29) is 12.1 Å². The van der Waals surface area contributed by atoms with Crippen LogP contribution in [-0.2, 0) is 20.8 Å². The van der Waals surface area contributed by atoms with E-state index in [2.05, 4.69) is 0 Å². The van der Waals surface area contributed by atoms with Crippen molar-refractivity contribution in [1.29, 1.82) is 0 Å². The molecule has 0 amide bonds. The number of methoxy groups -OCH3 is 1. The lowest BCUT2D eigenvalue weighted by Crippen LogP contribution is -2.18. The highest BCUT2D eigenvalue weighted by molar-refractivity contribution is 6.04. The number of halogens is 2. The van der Waals surface area contributed by atoms with Crippen LogP contribution in [0.3, 0.4) is 0 Å². The van der Waals surface area contributed by atoms with Gasteiger partial charge in [-0.3, -0.25) is 9.59 Å². The summed E-state index contributed by atoms with van der Waals surface area (Å²) in [7, 11) is 1.26. The van der Waals surface area contributed by atoms with Crippen molar-refractivity contribution in [2.75, 3.05) is 13.7 Å². The summed E-state index contributed by atoms with van der Waals surface area (Å²) in [6.45, 7) is -0.866. The molecule has 0 N–H and O–H groups in total. The van der Waals surface area contributed by atoms with E-state index in [0.717, 1.165) is 18.2 Å². The third-order valence-electron chi connectivity index (χ3n) is 4.10. The fraction of sp³-hybridized carbons (Fsp3) is 0.150. The van der Waals surface area contributed by atoms with Crippen molar-refractivity contribution in [3.05, 3.63) is 71.4 Å². The van der Waals surface area contributed by atoms with E-state index in [4.69, 9.17) is 9.47 Å². The largest absolute Gasteiger partial charge is 0.465 e. The maximum atomic E-state index is 13.2. The molecule has 0 aliphatic heterocycles. The Labute approximate surface area is 158 Å². The zero-order valence-electron chi connectivity index (χ0n) is 14.8. The van der Waals surface area contributed by atoms with Crippen molar-refractivity contribution in [1.82, 2.24) is 4.57 Å².